The molecule has 0 aromatic heterocycles. The molecule has 1 N–H and O–H groups in total. The Hall–Kier alpha value is -0.560. The molecule has 0 saturated heterocycles. The van der Waals surface area contributed by atoms with Crippen LogP contribution in [0.3, 0.4) is 0 Å². The van der Waals surface area contributed by atoms with Gasteiger partial charge in [-0.15, -0.1) is 0 Å². The highest BCUT2D eigenvalue weighted by atomic mass is 32.2. The van der Waals surface area contributed by atoms with Gasteiger partial charge in [0, 0.05) is 6.08 Å². The van der Waals surface area contributed by atoms with E-state index in [1.165, 1.54) is 0 Å². The van der Waals surface area contributed by atoms with Gasteiger partial charge in [-0.3, -0.25) is 4.55 Å². The van der Waals surface area contributed by atoms with Crippen molar-refractivity contribution in [3.05, 3.63) is 11.5 Å². The predicted molar refractivity (Wildman–Crippen MR) is 26.7 cm³/mol. The summed E-state index contributed by atoms with van der Waals surface area (Å²) in [4.78, 5) is 0. The number of halogens is 3. The Balaban J connectivity index is 4.31. The Labute approximate surface area is 54.9 Å². The smallest absolute Gasteiger partial charge is 0.282 e. The maximum absolute atomic E-state index is 11.1. The molecule has 0 unspecified atom stereocenters. The second-order valence-electron chi connectivity index (χ2n) is 1.36. The van der Waals surface area contributed by atoms with Crippen molar-refractivity contribution in [2.24, 2.45) is 0 Å². The van der Waals surface area contributed by atoms with Crippen molar-refractivity contribution in [1.29, 1.82) is 0 Å². The molecule has 0 aliphatic carbocycles. The molecule has 60 valence electrons. The maximum Gasteiger partial charge on any atom is 0.410 e. The van der Waals surface area contributed by atoms with Gasteiger partial charge < -0.3 is 0 Å². The Bertz CT molecular complexity index is 224. The monoisotopic (exact) mass is 176 g/mol. The van der Waals surface area contributed by atoms with Gasteiger partial charge in [0.15, 0.2) is 0 Å². The highest BCUT2D eigenvalue weighted by Gasteiger charge is 2.23. The lowest BCUT2D eigenvalue weighted by Gasteiger charge is -1.94. The lowest BCUT2D eigenvalue weighted by molar-refractivity contribution is -0.0797. The minimum atomic E-state index is -4.71. The Kier molecular flexibility index (Phi) is 2.44. The van der Waals surface area contributed by atoms with Crippen LogP contribution in [0.4, 0.5) is 13.2 Å². The first kappa shape index (κ1) is 9.44. The molecule has 0 aliphatic heterocycles. The number of hydrogen-bond donors (Lipinski definition) is 1. The summed E-state index contributed by atoms with van der Waals surface area (Å²) in [5.41, 5.74) is 0. The van der Waals surface area contributed by atoms with Crippen LogP contribution in [0.5, 0.6) is 0 Å². The van der Waals surface area contributed by atoms with E-state index >= 15 is 0 Å². The van der Waals surface area contributed by atoms with Gasteiger partial charge in [-0.05, 0) is 0 Å². The fourth-order valence-electron chi connectivity index (χ4n) is 0.163. The third kappa shape index (κ3) is 7.44. The molecule has 0 atom stereocenters. The number of rotatable bonds is 1. The van der Waals surface area contributed by atoms with E-state index in [1.54, 1.807) is 0 Å². The molecule has 0 amide bonds. The van der Waals surface area contributed by atoms with Crippen LogP contribution in [0.1, 0.15) is 0 Å². The van der Waals surface area contributed by atoms with Crippen molar-refractivity contribution >= 4 is 10.1 Å². The van der Waals surface area contributed by atoms with E-state index in [9.17, 15) is 21.6 Å². The van der Waals surface area contributed by atoms with E-state index in [-0.39, 0.29) is 5.41 Å². The van der Waals surface area contributed by atoms with E-state index in [0.29, 0.717) is 0 Å². The van der Waals surface area contributed by atoms with Crippen LogP contribution in [0.25, 0.3) is 0 Å². The van der Waals surface area contributed by atoms with E-state index < -0.39 is 22.4 Å². The van der Waals surface area contributed by atoms with Gasteiger partial charge in [0.2, 0.25) is 0 Å². The van der Waals surface area contributed by atoms with Crippen LogP contribution in [0, 0.1) is 0 Å². The largest absolute Gasteiger partial charge is 0.410 e. The third-order valence-electron chi connectivity index (χ3n) is 0.429. The summed E-state index contributed by atoms with van der Waals surface area (Å²) in [6, 6.07) is 0. The fourth-order valence-corrected chi connectivity index (χ4v) is 0.489. The van der Waals surface area contributed by atoms with Crippen molar-refractivity contribution in [2.75, 3.05) is 0 Å². The molecule has 0 aromatic rings. The van der Waals surface area contributed by atoms with Gasteiger partial charge in [-0.25, -0.2) is 0 Å². The van der Waals surface area contributed by atoms with Gasteiger partial charge in [0.05, 0.1) is 5.41 Å². The van der Waals surface area contributed by atoms with Crippen molar-refractivity contribution in [1.82, 2.24) is 0 Å². The Morgan fingerprint density at radius 1 is 1.30 bits per heavy atom. The molecule has 0 saturated carbocycles. The zero-order valence-corrected chi connectivity index (χ0v) is 5.28. The first-order valence-corrected chi connectivity index (χ1v) is 3.44. The molecule has 0 aromatic carbocycles. The molecule has 10 heavy (non-hydrogen) atoms. The summed E-state index contributed by atoms with van der Waals surface area (Å²) in [5, 5.41) is -0.326. The summed E-state index contributed by atoms with van der Waals surface area (Å²) in [6.07, 6.45) is -5.28. The molecular formula is C3H3F3O3S. The molecule has 0 heterocycles. The van der Waals surface area contributed by atoms with Crippen LogP contribution in [0.2, 0.25) is 0 Å². The average Bonchev–Trinajstić information content (AvgIpc) is 1.57. The van der Waals surface area contributed by atoms with Gasteiger partial charge in [-0.2, -0.15) is 21.6 Å². The van der Waals surface area contributed by atoms with Gasteiger partial charge in [-0.1, -0.05) is 0 Å². The normalized spacial score (nSPS) is 14.4. The Morgan fingerprint density at radius 3 is 1.80 bits per heavy atom. The molecule has 0 radical (unpaired) electrons. The van der Waals surface area contributed by atoms with E-state index in [4.69, 9.17) is 4.55 Å². The highest BCUT2D eigenvalue weighted by Crippen LogP contribution is 2.16. The number of alkyl halides is 3. The summed E-state index contributed by atoms with van der Waals surface area (Å²) in [7, 11) is -4.66. The van der Waals surface area contributed by atoms with Crippen molar-refractivity contribution in [3.63, 3.8) is 0 Å². The second-order valence-corrected chi connectivity index (χ2v) is 2.66. The van der Waals surface area contributed by atoms with E-state index in [1.807, 2.05) is 0 Å². The van der Waals surface area contributed by atoms with Crippen LogP contribution in [0.15, 0.2) is 11.5 Å². The molecule has 0 rings (SSSR count). The summed E-state index contributed by atoms with van der Waals surface area (Å²) < 4.78 is 60.4. The molecule has 0 aliphatic rings. The van der Waals surface area contributed by atoms with Gasteiger partial charge in [0.1, 0.15) is 0 Å². The minimum Gasteiger partial charge on any atom is -0.282 e. The highest BCUT2D eigenvalue weighted by molar-refractivity contribution is 7.88. The molecular weight excluding hydrogens is 173 g/mol. The minimum absolute atomic E-state index is 0.326. The topological polar surface area (TPSA) is 54.4 Å². The molecule has 3 nitrogen and oxygen atoms in total. The van der Waals surface area contributed by atoms with Crippen LogP contribution in [-0.4, -0.2) is 19.1 Å². The quantitative estimate of drug-likeness (QED) is 0.605. The van der Waals surface area contributed by atoms with Gasteiger partial charge >= 0.3 is 6.18 Å². The van der Waals surface area contributed by atoms with Crippen LogP contribution < -0.4 is 0 Å². The molecule has 0 bridgehead atoms. The zero-order valence-electron chi connectivity index (χ0n) is 4.46. The Morgan fingerprint density at radius 2 is 1.70 bits per heavy atom. The average molecular weight is 176 g/mol. The number of allylic oxidation sites excluding steroid dienone is 1. The van der Waals surface area contributed by atoms with E-state index in [2.05, 4.69) is 0 Å². The predicted octanol–water partition coefficient (Wildman–Crippen LogP) is 0.950. The molecule has 0 spiro atoms. The lowest BCUT2D eigenvalue weighted by Crippen LogP contribution is -2.02. The summed E-state index contributed by atoms with van der Waals surface area (Å²) >= 11 is 0. The fraction of sp³-hybridized carbons (Fsp3) is 0.333. The first-order chi connectivity index (χ1) is 4.21. The van der Waals surface area contributed by atoms with E-state index in [0.717, 1.165) is 0 Å². The standard InChI is InChI=1S/C3H3F3O3S/c4-3(5,6)1-2-10(7,8)9/h1-2H,(H,7,8,9). The zero-order chi connectivity index (χ0) is 8.41. The second kappa shape index (κ2) is 2.59. The summed E-state index contributed by atoms with van der Waals surface area (Å²) in [5.74, 6) is 0. The SMILES string of the molecule is O=S(=O)(O)C=CC(F)(F)F. The summed E-state index contributed by atoms with van der Waals surface area (Å²) in [6.45, 7) is 0. The van der Waals surface area contributed by atoms with Crippen molar-refractivity contribution in [3.8, 4) is 0 Å². The third-order valence-corrected chi connectivity index (χ3v) is 0.909. The number of hydrogen-bond acceptors (Lipinski definition) is 2. The first-order valence-electron chi connectivity index (χ1n) is 1.94. The lowest BCUT2D eigenvalue weighted by atomic mass is 10.6. The van der Waals surface area contributed by atoms with Crippen LogP contribution >= 0.6 is 0 Å². The molecule has 7 heteroatoms. The molecule has 0 fully saturated rings. The van der Waals surface area contributed by atoms with Crippen molar-refractivity contribution < 1.29 is 26.1 Å². The van der Waals surface area contributed by atoms with Crippen molar-refractivity contribution in [2.45, 2.75) is 6.18 Å². The van der Waals surface area contributed by atoms with Crippen LogP contribution in [-0.2, 0) is 10.1 Å². The van der Waals surface area contributed by atoms with Gasteiger partial charge in [0.25, 0.3) is 10.1 Å². The maximum atomic E-state index is 11.1.